The van der Waals surface area contributed by atoms with E-state index < -0.39 is 0 Å². The molecule has 1 saturated heterocycles. The maximum atomic E-state index is 11.3. The van der Waals surface area contributed by atoms with Gasteiger partial charge in [0.15, 0.2) is 6.79 Å². The highest BCUT2D eigenvalue weighted by Gasteiger charge is 2.29. The maximum Gasteiger partial charge on any atom is 0.189 e. The molecule has 7 nitrogen and oxygen atoms in total. The first-order valence-electron chi connectivity index (χ1n) is 10.8. The Balaban J connectivity index is 1.63. The number of carbonyl (C=O) groups excluding carboxylic acids is 1. The number of rotatable bonds is 9. The van der Waals surface area contributed by atoms with Crippen LogP contribution in [0.4, 0.5) is 5.82 Å². The van der Waals surface area contributed by atoms with Crippen LogP contribution in [0.25, 0.3) is 11.3 Å². The molecule has 1 aromatic carbocycles. The molecule has 1 saturated carbocycles. The molecule has 0 bridgehead atoms. The predicted molar refractivity (Wildman–Crippen MR) is 116 cm³/mol. The molecule has 2 aromatic rings. The number of hydrogen-bond acceptors (Lipinski definition) is 7. The van der Waals surface area contributed by atoms with Crippen LogP contribution in [0.1, 0.15) is 54.4 Å². The van der Waals surface area contributed by atoms with Gasteiger partial charge in [-0.25, -0.2) is 0 Å². The van der Waals surface area contributed by atoms with Crippen molar-refractivity contribution in [1.29, 1.82) is 0 Å². The van der Waals surface area contributed by atoms with Crippen LogP contribution in [0, 0.1) is 0 Å². The first kappa shape index (κ1) is 20.8. The van der Waals surface area contributed by atoms with Crippen molar-refractivity contribution in [1.82, 2.24) is 15.1 Å². The highest BCUT2D eigenvalue weighted by Crippen LogP contribution is 2.45. The Labute approximate surface area is 177 Å². The molecule has 1 N–H and O–H groups in total. The van der Waals surface area contributed by atoms with E-state index in [9.17, 15) is 4.79 Å². The van der Waals surface area contributed by atoms with Gasteiger partial charge < -0.3 is 19.7 Å². The van der Waals surface area contributed by atoms with E-state index >= 15 is 0 Å². The van der Waals surface area contributed by atoms with Gasteiger partial charge in [-0.3, -0.25) is 4.79 Å². The van der Waals surface area contributed by atoms with E-state index in [4.69, 9.17) is 9.47 Å². The number of aldehydes is 1. The van der Waals surface area contributed by atoms with Crippen molar-refractivity contribution in [3.05, 3.63) is 35.4 Å². The van der Waals surface area contributed by atoms with Crippen molar-refractivity contribution in [2.75, 3.05) is 38.9 Å². The average Bonchev–Trinajstić information content (AvgIpc) is 3.59. The minimum Gasteiger partial charge on any atom is -0.467 e. The Morgan fingerprint density at radius 3 is 2.83 bits per heavy atom. The Hall–Kier alpha value is -2.51. The number of nitrogens with one attached hydrogen (secondary N) is 1. The summed E-state index contributed by atoms with van der Waals surface area (Å²) in [6.07, 6.45) is 5.48. The Kier molecular flexibility index (Phi) is 6.59. The zero-order valence-corrected chi connectivity index (χ0v) is 17.8. The highest BCUT2D eigenvalue weighted by atomic mass is 16.7. The molecule has 7 heteroatoms. The minimum atomic E-state index is 0.132. The predicted octanol–water partition coefficient (Wildman–Crippen LogP) is 3.71. The summed E-state index contributed by atoms with van der Waals surface area (Å²) in [5.74, 6) is 1.93. The summed E-state index contributed by atoms with van der Waals surface area (Å²) < 4.78 is 11.2. The lowest BCUT2D eigenvalue weighted by atomic mass is 10.0. The van der Waals surface area contributed by atoms with Gasteiger partial charge in [0.2, 0.25) is 0 Å². The quantitative estimate of drug-likeness (QED) is 0.384. The van der Waals surface area contributed by atoms with Gasteiger partial charge in [-0.2, -0.15) is 0 Å². The summed E-state index contributed by atoms with van der Waals surface area (Å²) in [6.45, 7) is 4.78. The van der Waals surface area contributed by atoms with Crippen LogP contribution in [0.3, 0.4) is 0 Å². The van der Waals surface area contributed by atoms with E-state index in [1.54, 1.807) is 12.1 Å². The second-order valence-electron chi connectivity index (χ2n) is 8.18. The largest absolute Gasteiger partial charge is 0.467 e. The number of benzene rings is 1. The summed E-state index contributed by atoms with van der Waals surface area (Å²) in [5, 5.41) is 12.7. The first-order valence-corrected chi connectivity index (χ1v) is 10.8. The fraction of sp³-hybridized carbons (Fsp3) is 0.522. The minimum absolute atomic E-state index is 0.132. The molecule has 2 heterocycles. The molecule has 30 heavy (non-hydrogen) atoms. The van der Waals surface area contributed by atoms with Crippen molar-refractivity contribution in [3.63, 3.8) is 0 Å². The Bertz CT molecular complexity index is 885. The summed E-state index contributed by atoms with van der Waals surface area (Å²) >= 11 is 0. The summed E-state index contributed by atoms with van der Waals surface area (Å²) in [4.78, 5) is 13.6. The average molecular weight is 411 g/mol. The van der Waals surface area contributed by atoms with E-state index in [-0.39, 0.29) is 6.79 Å². The van der Waals surface area contributed by atoms with Gasteiger partial charge in [0.25, 0.3) is 0 Å². The molecule has 2 fully saturated rings. The second-order valence-corrected chi connectivity index (χ2v) is 8.18. The van der Waals surface area contributed by atoms with Gasteiger partial charge in [0.05, 0.1) is 0 Å². The molecule has 0 amide bonds. The molecule has 1 aromatic heterocycles. The zero-order chi connectivity index (χ0) is 20.9. The van der Waals surface area contributed by atoms with Crippen LogP contribution >= 0.6 is 0 Å². The normalized spacial score (nSPS) is 19.5. The Morgan fingerprint density at radius 2 is 2.10 bits per heavy atom. The molecule has 160 valence electrons. The van der Waals surface area contributed by atoms with Gasteiger partial charge in [-0.1, -0.05) is 6.07 Å². The molecule has 2 aliphatic rings. The lowest BCUT2D eigenvalue weighted by Gasteiger charge is -2.30. The van der Waals surface area contributed by atoms with Crippen LogP contribution in [0.2, 0.25) is 0 Å². The van der Waals surface area contributed by atoms with Crippen LogP contribution in [0.5, 0.6) is 5.75 Å². The van der Waals surface area contributed by atoms with Gasteiger partial charge in [-0.15, -0.1) is 10.2 Å². The highest BCUT2D eigenvalue weighted by molar-refractivity contribution is 5.80. The number of piperidine rings is 1. The van der Waals surface area contributed by atoms with Crippen molar-refractivity contribution in [2.45, 2.75) is 44.6 Å². The SMILES string of the molecule is CCOCOc1cc(C=O)ccc1-c1nnc(NC2CCCN(C)C2)cc1C1CC1. The third-order valence-electron chi connectivity index (χ3n) is 5.72. The smallest absolute Gasteiger partial charge is 0.189 e. The van der Waals surface area contributed by atoms with Crippen molar-refractivity contribution in [3.8, 4) is 17.0 Å². The molecule has 4 rings (SSSR count). The third-order valence-corrected chi connectivity index (χ3v) is 5.72. The fourth-order valence-electron chi connectivity index (χ4n) is 4.00. The van der Waals surface area contributed by atoms with Crippen LogP contribution in [-0.2, 0) is 4.74 Å². The van der Waals surface area contributed by atoms with Crippen LogP contribution in [-0.4, -0.2) is 61.0 Å². The van der Waals surface area contributed by atoms with E-state index in [0.29, 0.717) is 29.9 Å². The zero-order valence-electron chi connectivity index (χ0n) is 17.8. The standard InChI is InChI=1S/C23H30N4O3/c1-3-29-15-30-21-11-16(14-28)6-9-19(21)23-20(17-7-8-17)12-22(25-26-23)24-18-5-4-10-27(2)13-18/h6,9,11-12,14,17-18H,3-5,7-8,10,13,15H2,1-2H3,(H,24,25). The van der Waals surface area contributed by atoms with E-state index in [0.717, 1.165) is 55.7 Å². The van der Waals surface area contributed by atoms with Gasteiger partial charge >= 0.3 is 0 Å². The summed E-state index contributed by atoms with van der Waals surface area (Å²) in [6, 6.07) is 7.97. The van der Waals surface area contributed by atoms with Gasteiger partial charge in [0.1, 0.15) is 23.5 Å². The Morgan fingerprint density at radius 1 is 1.23 bits per heavy atom. The van der Waals surface area contributed by atoms with Crippen molar-refractivity contribution >= 4 is 12.1 Å². The molecule has 0 spiro atoms. The molecule has 1 unspecified atom stereocenters. The topological polar surface area (TPSA) is 76.6 Å². The van der Waals surface area contributed by atoms with E-state index in [2.05, 4.69) is 33.5 Å². The van der Waals surface area contributed by atoms with Crippen LogP contribution < -0.4 is 10.1 Å². The second kappa shape index (κ2) is 9.53. The number of nitrogens with zero attached hydrogens (tertiary/aromatic N) is 3. The van der Waals surface area contributed by atoms with Crippen LogP contribution in [0.15, 0.2) is 24.3 Å². The van der Waals surface area contributed by atoms with Crippen molar-refractivity contribution < 1.29 is 14.3 Å². The molecule has 1 aliphatic heterocycles. The van der Waals surface area contributed by atoms with Gasteiger partial charge in [-0.05, 0) is 75.9 Å². The van der Waals surface area contributed by atoms with Gasteiger partial charge in [0, 0.05) is 30.3 Å². The fourth-order valence-corrected chi connectivity index (χ4v) is 4.00. The third kappa shape index (κ3) is 4.96. The number of hydrogen-bond donors (Lipinski definition) is 1. The lowest BCUT2D eigenvalue weighted by molar-refractivity contribution is 0.0227. The van der Waals surface area contributed by atoms with Crippen molar-refractivity contribution in [2.24, 2.45) is 0 Å². The number of aromatic nitrogens is 2. The molecular formula is C23H30N4O3. The molecular weight excluding hydrogens is 380 g/mol. The lowest BCUT2D eigenvalue weighted by Crippen LogP contribution is -2.39. The molecule has 1 aliphatic carbocycles. The maximum absolute atomic E-state index is 11.3. The van der Waals surface area contributed by atoms with E-state index in [1.165, 1.54) is 12.0 Å². The number of anilines is 1. The monoisotopic (exact) mass is 410 g/mol. The summed E-state index contributed by atoms with van der Waals surface area (Å²) in [5.41, 5.74) is 3.43. The number of likely N-dealkylation sites (tertiary alicyclic amines) is 1. The first-order chi connectivity index (χ1) is 14.7. The molecule has 0 radical (unpaired) electrons. The molecule has 1 atom stereocenters. The number of likely N-dealkylation sites (N-methyl/N-ethyl adjacent to an activating group) is 1. The van der Waals surface area contributed by atoms with E-state index in [1.807, 2.05) is 13.0 Å². The summed E-state index contributed by atoms with van der Waals surface area (Å²) in [7, 11) is 2.16. The number of ether oxygens (including phenoxy) is 2. The number of carbonyl (C=O) groups is 1.